The predicted octanol–water partition coefficient (Wildman–Crippen LogP) is 3.35. The Bertz CT molecular complexity index is 339. The van der Waals surface area contributed by atoms with Gasteiger partial charge in [0.05, 0.1) is 11.4 Å². The topological polar surface area (TPSA) is 29.3 Å². The maximum atomic E-state index is 6.16. The standard InChI is InChI=1S/C14H22N2/c1-12-8-7-9-13(14(12)15)16-10-5-3-2-4-6-11-16/h7-9H,2-6,10-11,15H2,1H3. The molecule has 16 heavy (non-hydrogen) atoms. The summed E-state index contributed by atoms with van der Waals surface area (Å²) in [6, 6.07) is 6.35. The normalized spacial score (nSPS) is 17.9. The number of nitrogens with two attached hydrogens (primary N) is 1. The molecule has 2 heteroatoms. The van der Waals surface area contributed by atoms with Gasteiger partial charge in [-0.3, -0.25) is 0 Å². The van der Waals surface area contributed by atoms with Crippen LogP contribution < -0.4 is 10.6 Å². The first-order valence-electron chi connectivity index (χ1n) is 6.39. The smallest absolute Gasteiger partial charge is 0.0602 e. The highest BCUT2D eigenvalue weighted by molar-refractivity contribution is 5.70. The van der Waals surface area contributed by atoms with Gasteiger partial charge in [0.1, 0.15) is 0 Å². The van der Waals surface area contributed by atoms with E-state index < -0.39 is 0 Å². The minimum atomic E-state index is 0.961. The molecule has 0 amide bonds. The van der Waals surface area contributed by atoms with Crippen LogP contribution in [0.3, 0.4) is 0 Å². The molecule has 1 aromatic rings. The summed E-state index contributed by atoms with van der Waals surface area (Å²) in [5.74, 6) is 0. The Kier molecular flexibility index (Phi) is 3.70. The molecule has 88 valence electrons. The summed E-state index contributed by atoms with van der Waals surface area (Å²) in [6.45, 7) is 4.41. The van der Waals surface area contributed by atoms with E-state index in [0.29, 0.717) is 0 Å². The summed E-state index contributed by atoms with van der Waals surface area (Å²) in [5, 5.41) is 0. The van der Waals surface area contributed by atoms with Crippen LogP contribution in [0.25, 0.3) is 0 Å². The van der Waals surface area contributed by atoms with Crippen LogP contribution in [0, 0.1) is 6.92 Å². The average Bonchev–Trinajstić information content (AvgIpc) is 2.23. The molecule has 1 aliphatic rings. The van der Waals surface area contributed by atoms with Crippen LogP contribution in [0.5, 0.6) is 0 Å². The van der Waals surface area contributed by atoms with Gasteiger partial charge in [0.15, 0.2) is 0 Å². The van der Waals surface area contributed by atoms with E-state index in [0.717, 1.165) is 18.8 Å². The van der Waals surface area contributed by atoms with E-state index in [1.807, 2.05) is 0 Å². The first kappa shape index (κ1) is 11.3. The van der Waals surface area contributed by atoms with Gasteiger partial charge < -0.3 is 10.6 Å². The van der Waals surface area contributed by atoms with Crippen LogP contribution >= 0.6 is 0 Å². The summed E-state index contributed by atoms with van der Waals surface area (Å²) >= 11 is 0. The summed E-state index contributed by atoms with van der Waals surface area (Å²) in [4.78, 5) is 2.46. The molecule has 0 aliphatic carbocycles. The first-order valence-corrected chi connectivity index (χ1v) is 6.39. The third-order valence-corrected chi connectivity index (χ3v) is 3.50. The van der Waals surface area contributed by atoms with Crippen molar-refractivity contribution < 1.29 is 0 Å². The van der Waals surface area contributed by atoms with Crippen molar-refractivity contribution in [2.45, 2.75) is 39.0 Å². The van der Waals surface area contributed by atoms with E-state index in [4.69, 9.17) is 5.73 Å². The van der Waals surface area contributed by atoms with Crippen molar-refractivity contribution >= 4 is 11.4 Å². The second-order valence-corrected chi connectivity index (χ2v) is 4.76. The monoisotopic (exact) mass is 218 g/mol. The van der Waals surface area contributed by atoms with Gasteiger partial charge >= 0.3 is 0 Å². The minimum Gasteiger partial charge on any atom is -0.397 e. The highest BCUT2D eigenvalue weighted by atomic mass is 15.1. The molecule has 1 aliphatic heterocycles. The number of anilines is 2. The fraction of sp³-hybridized carbons (Fsp3) is 0.571. The number of hydrogen-bond donors (Lipinski definition) is 1. The van der Waals surface area contributed by atoms with Crippen LogP contribution in [0.1, 0.15) is 37.7 Å². The molecule has 0 bridgehead atoms. The maximum absolute atomic E-state index is 6.16. The molecule has 1 heterocycles. The van der Waals surface area contributed by atoms with Crippen molar-refractivity contribution in [3.8, 4) is 0 Å². The summed E-state index contributed by atoms with van der Waals surface area (Å²) in [6.07, 6.45) is 6.72. The average molecular weight is 218 g/mol. The van der Waals surface area contributed by atoms with Crippen LogP contribution in [0.15, 0.2) is 18.2 Å². The van der Waals surface area contributed by atoms with Crippen molar-refractivity contribution in [1.29, 1.82) is 0 Å². The van der Waals surface area contributed by atoms with Gasteiger partial charge in [-0.1, -0.05) is 31.4 Å². The molecule has 1 saturated heterocycles. The van der Waals surface area contributed by atoms with Crippen molar-refractivity contribution in [3.63, 3.8) is 0 Å². The van der Waals surface area contributed by atoms with E-state index in [9.17, 15) is 0 Å². The van der Waals surface area contributed by atoms with Gasteiger partial charge in [0, 0.05) is 13.1 Å². The predicted molar refractivity (Wildman–Crippen MR) is 70.9 cm³/mol. The molecule has 2 nitrogen and oxygen atoms in total. The lowest BCUT2D eigenvalue weighted by molar-refractivity contribution is 0.557. The Morgan fingerprint density at radius 1 is 1.00 bits per heavy atom. The minimum absolute atomic E-state index is 0.961. The molecule has 0 spiro atoms. The third kappa shape index (κ3) is 2.49. The molecule has 0 radical (unpaired) electrons. The van der Waals surface area contributed by atoms with Gasteiger partial charge in [-0.25, -0.2) is 0 Å². The van der Waals surface area contributed by atoms with Crippen molar-refractivity contribution in [2.75, 3.05) is 23.7 Å². The number of nitrogens with zero attached hydrogens (tertiary/aromatic N) is 1. The molecular weight excluding hydrogens is 196 g/mol. The molecule has 2 N–H and O–H groups in total. The molecule has 0 saturated carbocycles. The highest BCUT2D eigenvalue weighted by Crippen LogP contribution is 2.27. The summed E-state index contributed by atoms with van der Waals surface area (Å²) in [7, 11) is 0. The lowest BCUT2D eigenvalue weighted by atomic mass is 10.1. The first-order chi connectivity index (χ1) is 7.79. The molecular formula is C14H22N2. The number of hydrogen-bond acceptors (Lipinski definition) is 2. The van der Waals surface area contributed by atoms with Gasteiger partial charge in [0.25, 0.3) is 0 Å². The molecule has 2 rings (SSSR count). The molecule has 0 unspecified atom stereocenters. The zero-order valence-electron chi connectivity index (χ0n) is 10.2. The van der Waals surface area contributed by atoms with Gasteiger partial charge in [-0.2, -0.15) is 0 Å². The Balaban J connectivity index is 2.17. The maximum Gasteiger partial charge on any atom is 0.0602 e. The second kappa shape index (κ2) is 5.24. The lowest BCUT2D eigenvalue weighted by Gasteiger charge is -2.28. The van der Waals surface area contributed by atoms with E-state index in [-0.39, 0.29) is 0 Å². The number of para-hydroxylation sites is 1. The SMILES string of the molecule is Cc1cccc(N2CCCCCCC2)c1N. The number of benzene rings is 1. The van der Waals surface area contributed by atoms with Crippen molar-refractivity contribution in [2.24, 2.45) is 0 Å². The number of aryl methyl sites for hydroxylation is 1. The van der Waals surface area contributed by atoms with Crippen molar-refractivity contribution in [3.05, 3.63) is 23.8 Å². The highest BCUT2D eigenvalue weighted by Gasteiger charge is 2.12. The zero-order valence-corrected chi connectivity index (χ0v) is 10.2. The fourth-order valence-corrected chi connectivity index (χ4v) is 2.43. The van der Waals surface area contributed by atoms with Crippen LogP contribution in [0.2, 0.25) is 0 Å². The Morgan fingerprint density at radius 2 is 1.62 bits per heavy atom. The van der Waals surface area contributed by atoms with E-state index >= 15 is 0 Å². The van der Waals surface area contributed by atoms with Gasteiger partial charge in [-0.05, 0) is 31.4 Å². The Labute approximate surface area is 98.4 Å². The number of nitrogen functional groups attached to an aromatic ring is 1. The molecule has 0 atom stereocenters. The van der Waals surface area contributed by atoms with Gasteiger partial charge in [-0.15, -0.1) is 0 Å². The van der Waals surface area contributed by atoms with E-state index in [2.05, 4.69) is 30.0 Å². The van der Waals surface area contributed by atoms with E-state index in [1.54, 1.807) is 0 Å². The Morgan fingerprint density at radius 3 is 2.31 bits per heavy atom. The molecule has 1 aromatic carbocycles. The largest absolute Gasteiger partial charge is 0.397 e. The summed E-state index contributed by atoms with van der Waals surface area (Å²) in [5.41, 5.74) is 9.55. The second-order valence-electron chi connectivity index (χ2n) is 4.76. The zero-order chi connectivity index (χ0) is 11.4. The van der Waals surface area contributed by atoms with Crippen LogP contribution in [0.4, 0.5) is 11.4 Å². The molecule has 0 aromatic heterocycles. The molecule has 1 fully saturated rings. The fourth-order valence-electron chi connectivity index (χ4n) is 2.43. The lowest BCUT2D eigenvalue weighted by Crippen LogP contribution is -2.27. The van der Waals surface area contributed by atoms with E-state index in [1.165, 1.54) is 43.4 Å². The third-order valence-electron chi connectivity index (χ3n) is 3.50. The Hall–Kier alpha value is -1.18. The number of rotatable bonds is 1. The van der Waals surface area contributed by atoms with Crippen LogP contribution in [-0.4, -0.2) is 13.1 Å². The van der Waals surface area contributed by atoms with Gasteiger partial charge in [0.2, 0.25) is 0 Å². The van der Waals surface area contributed by atoms with Crippen molar-refractivity contribution in [1.82, 2.24) is 0 Å². The quantitative estimate of drug-likeness (QED) is 0.732. The summed E-state index contributed by atoms with van der Waals surface area (Å²) < 4.78 is 0. The van der Waals surface area contributed by atoms with Crippen LogP contribution in [-0.2, 0) is 0 Å².